The van der Waals surface area contributed by atoms with Crippen LogP contribution in [0.2, 0.25) is 0 Å². The number of ketones is 2. The molecule has 0 saturated carbocycles. The van der Waals surface area contributed by atoms with Crippen LogP contribution in [0.1, 0.15) is 66.4 Å². The first kappa shape index (κ1) is 44.1. The van der Waals surface area contributed by atoms with Crippen LogP contribution in [-0.2, 0) is 19.2 Å². The van der Waals surface area contributed by atoms with Gasteiger partial charge in [0, 0.05) is 59.6 Å². The molecular formula is C30H32F6N6O10. The van der Waals surface area contributed by atoms with Crippen LogP contribution >= 0.6 is 0 Å². The normalized spacial score (nSPS) is 12.9. The molecule has 1 aliphatic rings. The Balaban J connectivity index is 0.000000812. The van der Waals surface area contributed by atoms with Gasteiger partial charge >= 0.3 is 24.3 Å². The molecule has 16 nitrogen and oxygen atoms in total. The molecule has 284 valence electrons. The van der Waals surface area contributed by atoms with E-state index < -0.39 is 59.8 Å². The van der Waals surface area contributed by atoms with Crippen molar-refractivity contribution >= 4 is 47.1 Å². The van der Waals surface area contributed by atoms with Gasteiger partial charge in [0.15, 0.2) is 11.6 Å². The summed E-state index contributed by atoms with van der Waals surface area (Å²) < 4.78 is 63.5. The monoisotopic (exact) mass is 750 g/mol. The smallest absolute Gasteiger partial charge is 0.475 e. The molecule has 10 N–H and O–H groups in total. The molecule has 0 saturated heterocycles. The number of rotatable bonds is 10. The van der Waals surface area contributed by atoms with Gasteiger partial charge in [0.25, 0.3) is 11.8 Å². The maximum absolute atomic E-state index is 13.3. The van der Waals surface area contributed by atoms with Crippen LogP contribution in [0.3, 0.4) is 0 Å². The average Bonchev–Trinajstić information content (AvgIpc) is 3.06. The second kappa shape index (κ2) is 18.9. The first-order valence-electron chi connectivity index (χ1n) is 14.5. The molecule has 4 amide bonds. The van der Waals surface area contributed by atoms with E-state index in [0.29, 0.717) is 0 Å². The van der Waals surface area contributed by atoms with Crippen LogP contribution in [0.4, 0.5) is 26.3 Å². The van der Waals surface area contributed by atoms with Crippen LogP contribution in [0.15, 0.2) is 36.4 Å². The zero-order valence-electron chi connectivity index (χ0n) is 27.0. The molecule has 2 aromatic rings. The highest BCUT2D eigenvalue weighted by Gasteiger charge is 2.39. The number of carboxylic acids is 2. The molecule has 0 heterocycles. The summed E-state index contributed by atoms with van der Waals surface area (Å²) in [5.74, 6) is -8.08. The van der Waals surface area contributed by atoms with E-state index in [1.54, 1.807) is 13.8 Å². The number of carbonyl (C=O) groups excluding carboxylic acids is 6. The zero-order valence-corrected chi connectivity index (χ0v) is 27.0. The van der Waals surface area contributed by atoms with Gasteiger partial charge in [0.05, 0.1) is 12.1 Å². The van der Waals surface area contributed by atoms with Crippen molar-refractivity contribution in [3.05, 3.63) is 69.8 Å². The number of alkyl halides is 6. The largest absolute Gasteiger partial charge is 0.490 e. The van der Waals surface area contributed by atoms with E-state index in [-0.39, 0.29) is 71.4 Å². The fourth-order valence-corrected chi connectivity index (χ4v) is 3.68. The van der Waals surface area contributed by atoms with Crippen molar-refractivity contribution < 1.29 is 74.9 Å². The van der Waals surface area contributed by atoms with Gasteiger partial charge in [-0.25, -0.2) is 9.59 Å². The molecule has 0 unspecified atom stereocenters. The van der Waals surface area contributed by atoms with E-state index in [9.17, 15) is 55.1 Å². The van der Waals surface area contributed by atoms with Crippen LogP contribution in [0, 0.1) is 0 Å². The first-order valence-corrected chi connectivity index (χ1v) is 14.5. The molecular weight excluding hydrogens is 718 g/mol. The minimum atomic E-state index is -5.08. The summed E-state index contributed by atoms with van der Waals surface area (Å²) >= 11 is 0. The molecule has 0 fully saturated rings. The van der Waals surface area contributed by atoms with Crippen molar-refractivity contribution in [2.45, 2.75) is 38.3 Å². The van der Waals surface area contributed by atoms with Crippen molar-refractivity contribution in [3.8, 4) is 0 Å². The maximum atomic E-state index is 13.3. The number of amides is 4. The Morgan fingerprint density at radius 3 is 1.12 bits per heavy atom. The molecule has 22 heteroatoms. The van der Waals surface area contributed by atoms with Gasteiger partial charge in [0.1, 0.15) is 0 Å². The van der Waals surface area contributed by atoms with E-state index >= 15 is 0 Å². The third kappa shape index (κ3) is 13.4. The summed E-state index contributed by atoms with van der Waals surface area (Å²) in [5.41, 5.74) is 11.7. The Hall–Kier alpha value is -5.90. The summed E-state index contributed by atoms with van der Waals surface area (Å²) in [6, 6.07) is 7.05. The van der Waals surface area contributed by atoms with Gasteiger partial charge < -0.3 is 42.9 Å². The Bertz CT molecular complexity index is 1590. The lowest BCUT2D eigenvalue weighted by Gasteiger charge is -2.19. The van der Waals surface area contributed by atoms with Gasteiger partial charge in [-0.05, 0) is 50.2 Å². The molecule has 3 rings (SSSR count). The molecule has 52 heavy (non-hydrogen) atoms. The fraction of sp³-hybridized carbons (Fsp3) is 0.333. The van der Waals surface area contributed by atoms with Crippen LogP contribution in [0.5, 0.6) is 0 Å². The summed E-state index contributed by atoms with van der Waals surface area (Å²) in [6.07, 6.45) is -10.2. The number of nitrogens with one attached hydrogen (secondary N) is 4. The number of halogens is 6. The zero-order chi connectivity index (χ0) is 40.1. The first-order chi connectivity index (χ1) is 23.9. The van der Waals surface area contributed by atoms with Gasteiger partial charge in [-0.1, -0.05) is 0 Å². The molecule has 2 atom stereocenters. The number of nitrogens with two attached hydrogens (primary N) is 2. The molecule has 0 bridgehead atoms. The van der Waals surface area contributed by atoms with E-state index in [0.717, 1.165) is 0 Å². The van der Waals surface area contributed by atoms with E-state index in [2.05, 4.69) is 21.3 Å². The molecule has 0 aliphatic heterocycles. The highest BCUT2D eigenvalue weighted by Crippen LogP contribution is 2.29. The second-order valence-electron chi connectivity index (χ2n) is 10.5. The summed E-state index contributed by atoms with van der Waals surface area (Å²) in [4.78, 5) is 92.2. The maximum Gasteiger partial charge on any atom is 0.490 e. The van der Waals surface area contributed by atoms with Gasteiger partial charge in [0.2, 0.25) is 11.8 Å². The van der Waals surface area contributed by atoms with Crippen LogP contribution in [-0.4, -0.2) is 108 Å². The Kier molecular flexibility index (Phi) is 16.0. The highest BCUT2D eigenvalue weighted by atomic mass is 19.4. The second-order valence-corrected chi connectivity index (χ2v) is 10.5. The number of hydrogen-bond acceptors (Lipinski definition) is 10. The average molecular weight is 751 g/mol. The number of carboxylic acid groups (broad SMARTS) is 2. The van der Waals surface area contributed by atoms with E-state index in [4.69, 9.17) is 31.3 Å². The molecule has 0 spiro atoms. The Morgan fingerprint density at radius 2 is 0.846 bits per heavy atom. The SMILES string of the molecule is C[C@H](N)C(=O)NCCNC(=O)c1ccc2c(c1)C(=O)c1cc(C(=O)NCCNC(=O)[C@H](C)N)ccc1C2=O.O=C(O)C(F)(F)F.O=C(O)C(F)(F)F. The number of fused-ring (bicyclic) bond motifs is 2. The van der Waals surface area contributed by atoms with Crippen molar-refractivity contribution in [3.63, 3.8) is 0 Å². The minimum Gasteiger partial charge on any atom is -0.475 e. The summed E-state index contributed by atoms with van der Waals surface area (Å²) in [6.45, 7) is 3.70. The standard InChI is InChI=1S/C26H30N6O6.2C2HF3O2/c1-13(27)23(35)29-7-9-31-25(37)15-3-5-17-19(11-15)22(34)20-12-16(4-6-18(20)21(17)33)26(38)32-10-8-30-24(36)14(2)28;2*3-2(4,5)1(6)7/h3-6,11-14H,7-10,27-28H2,1-2H3,(H,29,35)(H,30,36)(H,31,37)(H,32,38);2*(H,6,7)/t13-,14-;;/m0../s1. The minimum absolute atomic E-state index is 0.0524. The number of aliphatic carboxylic acids is 2. The quantitative estimate of drug-likeness (QED) is 0.101. The number of hydrogen-bond donors (Lipinski definition) is 8. The van der Waals surface area contributed by atoms with Gasteiger partial charge in [-0.15, -0.1) is 0 Å². The van der Waals surface area contributed by atoms with E-state index in [1.165, 1.54) is 36.4 Å². The van der Waals surface area contributed by atoms with Crippen molar-refractivity contribution in [1.29, 1.82) is 0 Å². The predicted molar refractivity (Wildman–Crippen MR) is 165 cm³/mol. The van der Waals surface area contributed by atoms with E-state index in [1.807, 2.05) is 0 Å². The third-order valence-corrected chi connectivity index (χ3v) is 6.27. The summed E-state index contributed by atoms with van der Waals surface area (Å²) in [7, 11) is 0. The fourth-order valence-electron chi connectivity index (χ4n) is 3.68. The lowest BCUT2D eigenvalue weighted by molar-refractivity contribution is -0.193. The number of carbonyl (C=O) groups is 8. The lowest BCUT2D eigenvalue weighted by atomic mass is 9.82. The highest BCUT2D eigenvalue weighted by molar-refractivity contribution is 6.29. The topological polar surface area (TPSA) is 277 Å². The Morgan fingerprint density at radius 1 is 0.577 bits per heavy atom. The van der Waals surface area contributed by atoms with Crippen molar-refractivity contribution in [2.75, 3.05) is 26.2 Å². The molecule has 0 aromatic heterocycles. The molecule has 0 radical (unpaired) electrons. The summed E-state index contributed by atoms with van der Waals surface area (Å²) in [5, 5.41) is 24.6. The molecule has 1 aliphatic carbocycles. The molecule has 2 aromatic carbocycles. The van der Waals surface area contributed by atoms with Crippen molar-refractivity contribution in [2.24, 2.45) is 11.5 Å². The van der Waals surface area contributed by atoms with Crippen molar-refractivity contribution in [1.82, 2.24) is 21.3 Å². The lowest BCUT2D eigenvalue weighted by Crippen LogP contribution is -2.42. The number of benzene rings is 2. The van der Waals surface area contributed by atoms with Gasteiger partial charge in [-0.2, -0.15) is 26.3 Å². The van der Waals surface area contributed by atoms with Gasteiger partial charge in [-0.3, -0.25) is 28.8 Å². The predicted octanol–water partition coefficient (Wildman–Crippen LogP) is 0.115. The van der Waals surface area contributed by atoms with Crippen LogP contribution in [0.25, 0.3) is 0 Å². The third-order valence-electron chi connectivity index (χ3n) is 6.27. The van der Waals surface area contributed by atoms with Crippen LogP contribution < -0.4 is 32.7 Å². The Labute approximate surface area is 289 Å².